The van der Waals surface area contributed by atoms with E-state index in [0.29, 0.717) is 24.2 Å². The Kier molecular flexibility index (Phi) is 6.68. The lowest BCUT2D eigenvalue weighted by Gasteiger charge is -2.17. The smallest absolute Gasteiger partial charge is 0.274 e. The van der Waals surface area contributed by atoms with Gasteiger partial charge >= 0.3 is 0 Å². The first-order chi connectivity index (χ1) is 12.4. The summed E-state index contributed by atoms with van der Waals surface area (Å²) in [6.07, 6.45) is 1.35. The van der Waals surface area contributed by atoms with Crippen molar-refractivity contribution in [1.82, 2.24) is 5.48 Å². The fraction of sp³-hybridized carbons (Fsp3) is 0.263. The molecule has 0 aliphatic rings. The standard InChI is InChI=1S/C19H22FN3O3/c1-12-9-15(20)10-13(2)18(12)21-8-7-17(11-24)22-16-5-3-14(4-6-16)19(25)23-26/h3-6,9-11,17,21-22,26H,7-8H2,1-2H3,(H,23,25). The van der Waals surface area contributed by atoms with Crippen molar-refractivity contribution in [1.29, 1.82) is 0 Å². The average Bonchev–Trinajstić information content (AvgIpc) is 2.62. The Morgan fingerprint density at radius 2 is 1.81 bits per heavy atom. The lowest BCUT2D eigenvalue weighted by atomic mass is 10.1. The van der Waals surface area contributed by atoms with Crippen LogP contribution in [-0.4, -0.2) is 30.0 Å². The Balaban J connectivity index is 1.92. The molecule has 1 amide bonds. The van der Waals surface area contributed by atoms with Crippen LogP contribution >= 0.6 is 0 Å². The van der Waals surface area contributed by atoms with Crippen molar-refractivity contribution in [2.24, 2.45) is 0 Å². The maximum absolute atomic E-state index is 13.3. The molecule has 6 nitrogen and oxygen atoms in total. The minimum Gasteiger partial charge on any atom is -0.385 e. The second-order valence-corrected chi connectivity index (χ2v) is 6.04. The lowest BCUT2D eigenvalue weighted by molar-refractivity contribution is -0.108. The number of aldehydes is 1. The van der Waals surface area contributed by atoms with Crippen molar-refractivity contribution in [2.45, 2.75) is 26.3 Å². The van der Waals surface area contributed by atoms with Gasteiger partial charge in [0, 0.05) is 23.5 Å². The van der Waals surface area contributed by atoms with Crippen LogP contribution in [0.25, 0.3) is 0 Å². The van der Waals surface area contributed by atoms with Gasteiger partial charge in [-0.15, -0.1) is 0 Å². The summed E-state index contributed by atoms with van der Waals surface area (Å²) in [5.74, 6) is -0.867. The number of hydrogen-bond acceptors (Lipinski definition) is 5. The van der Waals surface area contributed by atoms with Gasteiger partial charge in [-0.1, -0.05) is 0 Å². The highest BCUT2D eigenvalue weighted by Gasteiger charge is 2.10. The molecule has 7 heteroatoms. The molecule has 0 heterocycles. The Labute approximate surface area is 151 Å². The summed E-state index contributed by atoms with van der Waals surface area (Å²) in [6, 6.07) is 8.91. The minimum atomic E-state index is -0.599. The highest BCUT2D eigenvalue weighted by atomic mass is 19.1. The molecule has 0 bridgehead atoms. The van der Waals surface area contributed by atoms with E-state index in [0.717, 1.165) is 23.1 Å². The Hall–Kier alpha value is -2.93. The molecule has 2 rings (SSSR count). The van der Waals surface area contributed by atoms with E-state index < -0.39 is 11.9 Å². The van der Waals surface area contributed by atoms with Gasteiger partial charge in [0.15, 0.2) is 0 Å². The van der Waals surface area contributed by atoms with Gasteiger partial charge in [-0.2, -0.15) is 0 Å². The molecule has 138 valence electrons. The third kappa shape index (κ3) is 5.03. The maximum atomic E-state index is 13.3. The first-order valence-corrected chi connectivity index (χ1v) is 8.21. The van der Waals surface area contributed by atoms with Gasteiger partial charge < -0.3 is 15.4 Å². The maximum Gasteiger partial charge on any atom is 0.274 e. The van der Waals surface area contributed by atoms with Crippen LogP contribution in [0.4, 0.5) is 15.8 Å². The van der Waals surface area contributed by atoms with Crippen LogP contribution in [0.1, 0.15) is 27.9 Å². The van der Waals surface area contributed by atoms with Crippen molar-refractivity contribution < 1.29 is 19.2 Å². The van der Waals surface area contributed by atoms with Crippen LogP contribution in [0, 0.1) is 19.7 Å². The van der Waals surface area contributed by atoms with Crippen molar-refractivity contribution in [3.63, 3.8) is 0 Å². The third-order valence-corrected chi connectivity index (χ3v) is 4.02. The van der Waals surface area contributed by atoms with E-state index in [1.54, 1.807) is 29.7 Å². The SMILES string of the molecule is Cc1cc(F)cc(C)c1NCCC(C=O)Nc1ccc(C(=O)NO)cc1. The van der Waals surface area contributed by atoms with E-state index in [-0.39, 0.29) is 5.82 Å². The zero-order valence-electron chi connectivity index (χ0n) is 14.7. The summed E-state index contributed by atoms with van der Waals surface area (Å²) in [5.41, 5.74) is 5.06. The predicted molar refractivity (Wildman–Crippen MR) is 98.2 cm³/mol. The molecule has 0 aliphatic heterocycles. The predicted octanol–water partition coefficient (Wildman–Crippen LogP) is 3.04. The highest BCUT2D eigenvalue weighted by Crippen LogP contribution is 2.21. The molecule has 0 saturated carbocycles. The van der Waals surface area contributed by atoms with Crippen LogP contribution in [0.5, 0.6) is 0 Å². The second-order valence-electron chi connectivity index (χ2n) is 6.04. The second kappa shape index (κ2) is 8.96. The average molecular weight is 359 g/mol. The van der Waals surface area contributed by atoms with E-state index in [9.17, 15) is 14.0 Å². The first kappa shape index (κ1) is 19.4. The zero-order valence-corrected chi connectivity index (χ0v) is 14.7. The van der Waals surface area contributed by atoms with Crippen LogP contribution in [0.3, 0.4) is 0 Å². The largest absolute Gasteiger partial charge is 0.385 e. The normalized spacial score (nSPS) is 11.5. The van der Waals surface area contributed by atoms with Crippen LogP contribution in [-0.2, 0) is 4.79 Å². The number of halogens is 1. The number of nitrogens with one attached hydrogen (secondary N) is 3. The number of aryl methyl sites for hydroxylation is 2. The molecule has 1 atom stereocenters. The van der Waals surface area contributed by atoms with Gasteiger partial charge in [0.25, 0.3) is 5.91 Å². The van der Waals surface area contributed by atoms with Crippen molar-refractivity contribution in [3.05, 3.63) is 58.9 Å². The summed E-state index contributed by atoms with van der Waals surface area (Å²) in [7, 11) is 0. The van der Waals surface area contributed by atoms with E-state index >= 15 is 0 Å². The number of amides is 1. The summed E-state index contributed by atoms with van der Waals surface area (Å²) >= 11 is 0. The van der Waals surface area contributed by atoms with Gasteiger partial charge in [-0.05, 0) is 67.8 Å². The topological polar surface area (TPSA) is 90.5 Å². The molecule has 26 heavy (non-hydrogen) atoms. The third-order valence-electron chi connectivity index (χ3n) is 4.02. The molecular weight excluding hydrogens is 337 g/mol. The number of hydroxylamine groups is 1. The lowest BCUT2D eigenvalue weighted by Crippen LogP contribution is -2.24. The number of rotatable bonds is 8. The van der Waals surface area contributed by atoms with Gasteiger partial charge in [-0.25, -0.2) is 9.87 Å². The molecule has 2 aromatic carbocycles. The van der Waals surface area contributed by atoms with E-state index in [1.807, 2.05) is 13.8 Å². The number of carbonyl (C=O) groups excluding carboxylic acids is 2. The Morgan fingerprint density at radius 1 is 1.19 bits per heavy atom. The molecule has 0 radical (unpaired) electrons. The van der Waals surface area contributed by atoms with Crippen LogP contribution in [0.2, 0.25) is 0 Å². The number of benzene rings is 2. The fourth-order valence-corrected chi connectivity index (χ4v) is 2.71. The van der Waals surface area contributed by atoms with Gasteiger partial charge in [0.05, 0.1) is 6.04 Å². The van der Waals surface area contributed by atoms with Crippen molar-refractivity contribution in [2.75, 3.05) is 17.2 Å². The number of hydrogen-bond donors (Lipinski definition) is 4. The van der Waals surface area contributed by atoms with Gasteiger partial charge in [-0.3, -0.25) is 10.0 Å². The zero-order chi connectivity index (χ0) is 19.1. The Morgan fingerprint density at radius 3 is 2.35 bits per heavy atom. The summed E-state index contributed by atoms with van der Waals surface area (Å²) in [6.45, 7) is 4.20. The summed E-state index contributed by atoms with van der Waals surface area (Å²) < 4.78 is 13.3. The van der Waals surface area contributed by atoms with E-state index in [2.05, 4.69) is 10.6 Å². The molecule has 4 N–H and O–H groups in total. The molecule has 2 aromatic rings. The first-order valence-electron chi connectivity index (χ1n) is 8.21. The monoisotopic (exact) mass is 359 g/mol. The molecule has 0 fully saturated rings. The summed E-state index contributed by atoms with van der Waals surface area (Å²) in [5, 5.41) is 14.9. The van der Waals surface area contributed by atoms with Crippen molar-refractivity contribution >= 4 is 23.6 Å². The minimum absolute atomic E-state index is 0.267. The van der Waals surface area contributed by atoms with Crippen LogP contribution < -0.4 is 16.1 Å². The fourth-order valence-electron chi connectivity index (χ4n) is 2.71. The number of carbonyl (C=O) groups is 2. The van der Waals surface area contributed by atoms with Crippen LogP contribution in [0.15, 0.2) is 36.4 Å². The summed E-state index contributed by atoms with van der Waals surface area (Å²) in [4.78, 5) is 22.6. The number of anilines is 2. The van der Waals surface area contributed by atoms with E-state index in [1.165, 1.54) is 12.1 Å². The molecule has 0 aliphatic carbocycles. The van der Waals surface area contributed by atoms with E-state index in [4.69, 9.17) is 5.21 Å². The Bertz CT molecular complexity index is 755. The van der Waals surface area contributed by atoms with Gasteiger partial charge in [0.2, 0.25) is 0 Å². The molecule has 1 unspecified atom stereocenters. The molecule has 0 saturated heterocycles. The molecule has 0 aromatic heterocycles. The highest BCUT2D eigenvalue weighted by molar-refractivity contribution is 5.93. The molecular formula is C19H22FN3O3. The quantitative estimate of drug-likeness (QED) is 0.330. The van der Waals surface area contributed by atoms with Gasteiger partial charge in [0.1, 0.15) is 12.1 Å². The molecule has 0 spiro atoms. The van der Waals surface area contributed by atoms with Crippen molar-refractivity contribution in [3.8, 4) is 0 Å².